The molecule has 1 heterocycles. The van der Waals surface area contributed by atoms with E-state index >= 15 is 0 Å². The zero-order valence-electron chi connectivity index (χ0n) is 14.3. The molecule has 1 atom stereocenters. The summed E-state index contributed by atoms with van der Waals surface area (Å²) >= 11 is 0. The summed E-state index contributed by atoms with van der Waals surface area (Å²) in [4.78, 5) is 23.7. The maximum atomic E-state index is 11.9. The predicted molar refractivity (Wildman–Crippen MR) is 95.0 cm³/mol. The number of fused-ring (bicyclic) bond motifs is 1. The van der Waals surface area contributed by atoms with Crippen molar-refractivity contribution in [3.63, 3.8) is 0 Å². The number of hydrogen-bond donors (Lipinski definition) is 3. The van der Waals surface area contributed by atoms with Gasteiger partial charge in [-0.3, -0.25) is 9.59 Å². The van der Waals surface area contributed by atoms with Crippen LogP contribution in [0.5, 0.6) is 11.5 Å². The van der Waals surface area contributed by atoms with Crippen LogP contribution in [-0.2, 0) is 9.59 Å². The molecule has 0 aromatic heterocycles. The second-order valence-corrected chi connectivity index (χ2v) is 6.00. The molecule has 0 bridgehead atoms. The zero-order chi connectivity index (χ0) is 18.5. The lowest BCUT2D eigenvalue weighted by atomic mass is 10.1. The summed E-state index contributed by atoms with van der Waals surface area (Å²) in [6, 6.07) is 12.4. The Labute approximate surface area is 150 Å². The third-order valence-corrected chi connectivity index (χ3v) is 3.97. The molecule has 0 aliphatic carbocycles. The molecular formula is C19H20N2O5. The zero-order valence-corrected chi connectivity index (χ0v) is 14.3. The van der Waals surface area contributed by atoms with Gasteiger partial charge in [0.05, 0.1) is 6.10 Å². The third kappa shape index (κ3) is 4.31. The summed E-state index contributed by atoms with van der Waals surface area (Å²) in [5.41, 5.74) is 2.20. The van der Waals surface area contributed by atoms with Gasteiger partial charge in [-0.25, -0.2) is 0 Å². The second-order valence-electron chi connectivity index (χ2n) is 6.00. The molecule has 0 saturated carbocycles. The maximum Gasteiger partial charge on any atom is 0.313 e. The van der Waals surface area contributed by atoms with E-state index in [2.05, 4.69) is 10.6 Å². The van der Waals surface area contributed by atoms with Crippen LogP contribution in [0, 0.1) is 6.92 Å². The average molecular weight is 356 g/mol. The Morgan fingerprint density at radius 2 is 1.92 bits per heavy atom. The number of amides is 2. The van der Waals surface area contributed by atoms with E-state index in [1.807, 2.05) is 13.0 Å². The van der Waals surface area contributed by atoms with Crippen molar-refractivity contribution in [2.45, 2.75) is 19.4 Å². The van der Waals surface area contributed by atoms with Crippen LogP contribution in [0.1, 0.15) is 23.7 Å². The predicted octanol–water partition coefficient (Wildman–Crippen LogP) is 1.90. The number of anilines is 1. The maximum absolute atomic E-state index is 11.9. The van der Waals surface area contributed by atoms with E-state index < -0.39 is 17.9 Å². The van der Waals surface area contributed by atoms with Crippen molar-refractivity contribution in [2.24, 2.45) is 0 Å². The largest absolute Gasteiger partial charge is 0.454 e. The van der Waals surface area contributed by atoms with Gasteiger partial charge in [0, 0.05) is 12.2 Å². The molecule has 3 N–H and O–H groups in total. The van der Waals surface area contributed by atoms with Gasteiger partial charge < -0.3 is 25.2 Å². The van der Waals surface area contributed by atoms with Crippen molar-refractivity contribution in [1.29, 1.82) is 0 Å². The number of aliphatic hydroxyl groups is 1. The second kappa shape index (κ2) is 7.88. The molecule has 7 heteroatoms. The number of benzene rings is 2. The Kier molecular flexibility index (Phi) is 5.38. The summed E-state index contributed by atoms with van der Waals surface area (Å²) in [6.45, 7) is 2.23. The Morgan fingerprint density at radius 1 is 1.12 bits per heavy atom. The van der Waals surface area contributed by atoms with Crippen LogP contribution < -0.4 is 20.1 Å². The number of carbonyl (C=O) groups is 2. The van der Waals surface area contributed by atoms with E-state index in [0.29, 0.717) is 22.7 Å². The highest BCUT2D eigenvalue weighted by atomic mass is 16.7. The van der Waals surface area contributed by atoms with Crippen LogP contribution in [0.4, 0.5) is 5.69 Å². The molecule has 26 heavy (non-hydrogen) atoms. The van der Waals surface area contributed by atoms with Crippen LogP contribution in [-0.4, -0.2) is 30.3 Å². The van der Waals surface area contributed by atoms with Crippen molar-refractivity contribution in [3.05, 3.63) is 53.6 Å². The highest BCUT2D eigenvalue weighted by molar-refractivity contribution is 6.39. The summed E-state index contributed by atoms with van der Waals surface area (Å²) in [7, 11) is 0. The van der Waals surface area contributed by atoms with Gasteiger partial charge in [-0.1, -0.05) is 18.2 Å². The van der Waals surface area contributed by atoms with Gasteiger partial charge in [0.25, 0.3) is 0 Å². The molecule has 0 saturated heterocycles. The number of rotatable bonds is 5. The van der Waals surface area contributed by atoms with Gasteiger partial charge in [0.2, 0.25) is 6.79 Å². The van der Waals surface area contributed by atoms with E-state index in [-0.39, 0.29) is 19.8 Å². The minimum Gasteiger partial charge on any atom is -0.454 e. The molecule has 2 aromatic carbocycles. The number of carbonyl (C=O) groups excluding carboxylic acids is 2. The summed E-state index contributed by atoms with van der Waals surface area (Å²) in [5.74, 6) is -0.261. The fourth-order valence-corrected chi connectivity index (χ4v) is 2.60. The number of hydrogen-bond acceptors (Lipinski definition) is 5. The van der Waals surface area contributed by atoms with E-state index in [4.69, 9.17) is 9.47 Å². The Bertz CT molecular complexity index is 821. The Morgan fingerprint density at radius 3 is 2.73 bits per heavy atom. The van der Waals surface area contributed by atoms with Gasteiger partial charge >= 0.3 is 11.8 Å². The van der Waals surface area contributed by atoms with Crippen molar-refractivity contribution in [1.82, 2.24) is 5.32 Å². The molecule has 0 radical (unpaired) electrons. The number of ether oxygens (including phenoxy) is 2. The van der Waals surface area contributed by atoms with E-state index in [1.54, 1.807) is 36.4 Å². The average Bonchev–Trinajstić information content (AvgIpc) is 3.09. The minimum atomic E-state index is -0.787. The summed E-state index contributed by atoms with van der Waals surface area (Å²) < 4.78 is 10.5. The van der Waals surface area contributed by atoms with E-state index in [9.17, 15) is 14.7 Å². The Hall–Kier alpha value is -3.06. The smallest absolute Gasteiger partial charge is 0.313 e. The van der Waals surface area contributed by atoms with Crippen LogP contribution in [0.3, 0.4) is 0 Å². The molecule has 1 aliphatic rings. The van der Waals surface area contributed by atoms with Crippen molar-refractivity contribution < 1.29 is 24.2 Å². The molecule has 136 valence electrons. The van der Waals surface area contributed by atoms with E-state index in [0.717, 1.165) is 5.56 Å². The van der Waals surface area contributed by atoms with Crippen LogP contribution >= 0.6 is 0 Å². The quantitative estimate of drug-likeness (QED) is 0.711. The molecule has 3 rings (SSSR count). The van der Waals surface area contributed by atoms with Crippen LogP contribution in [0.15, 0.2) is 42.5 Å². The lowest BCUT2D eigenvalue weighted by Crippen LogP contribution is -2.36. The normalized spacial score (nSPS) is 13.2. The van der Waals surface area contributed by atoms with Crippen molar-refractivity contribution in [2.75, 3.05) is 18.7 Å². The van der Waals surface area contributed by atoms with Crippen LogP contribution in [0.25, 0.3) is 0 Å². The van der Waals surface area contributed by atoms with Crippen LogP contribution in [0.2, 0.25) is 0 Å². The van der Waals surface area contributed by atoms with Gasteiger partial charge in [-0.05, 0) is 48.7 Å². The summed E-state index contributed by atoms with van der Waals surface area (Å²) in [6.07, 6.45) is -0.520. The van der Waals surface area contributed by atoms with Gasteiger partial charge in [-0.15, -0.1) is 0 Å². The standard InChI is InChI=1S/C19H20N2O5/c1-12-3-2-4-14(9-12)21-19(24)18(23)20-8-7-15(22)13-5-6-16-17(10-13)26-11-25-16/h2-6,9-10,15,22H,7-8,11H2,1H3,(H,20,23)(H,21,24). The fourth-order valence-electron chi connectivity index (χ4n) is 2.60. The first-order valence-electron chi connectivity index (χ1n) is 8.26. The van der Waals surface area contributed by atoms with Gasteiger partial charge in [0.1, 0.15) is 0 Å². The lowest BCUT2D eigenvalue weighted by Gasteiger charge is -2.12. The molecule has 0 spiro atoms. The van der Waals surface area contributed by atoms with Gasteiger partial charge in [0.15, 0.2) is 11.5 Å². The fraction of sp³-hybridized carbons (Fsp3) is 0.263. The first kappa shape index (κ1) is 17.8. The topological polar surface area (TPSA) is 96.9 Å². The molecular weight excluding hydrogens is 336 g/mol. The molecule has 7 nitrogen and oxygen atoms in total. The Balaban J connectivity index is 1.46. The lowest BCUT2D eigenvalue weighted by molar-refractivity contribution is -0.136. The first-order chi connectivity index (χ1) is 12.5. The molecule has 2 aromatic rings. The first-order valence-corrected chi connectivity index (χ1v) is 8.26. The molecule has 0 fully saturated rings. The van der Waals surface area contributed by atoms with Gasteiger partial charge in [-0.2, -0.15) is 0 Å². The molecule has 1 unspecified atom stereocenters. The SMILES string of the molecule is Cc1cccc(NC(=O)C(=O)NCCC(O)c2ccc3c(c2)OCO3)c1. The number of nitrogens with one attached hydrogen (secondary N) is 2. The highest BCUT2D eigenvalue weighted by Gasteiger charge is 2.18. The highest BCUT2D eigenvalue weighted by Crippen LogP contribution is 2.34. The number of aryl methyl sites for hydroxylation is 1. The summed E-state index contributed by atoms with van der Waals surface area (Å²) in [5, 5.41) is 15.3. The monoisotopic (exact) mass is 356 g/mol. The van der Waals surface area contributed by atoms with Crippen molar-refractivity contribution in [3.8, 4) is 11.5 Å². The molecule has 2 amide bonds. The number of aliphatic hydroxyl groups excluding tert-OH is 1. The minimum absolute atomic E-state index is 0.162. The van der Waals surface area contributed by atoms with E-state index in [1.165, 1.54) is 0 Å². The van der Waals surface area contributed by atoms with Crippen molar-refractivity contribution >= 4 is 17.5 Å². The molecule has 1 aliphatic heterocycles. The third-order valence-electron chi connectivity index (χ3n) is 3.97.